The van der Waals surface area contributed by atoms with E-state index in [2.05, 4.69) is 20.9 Å². The molecule has 0 saturated carbocycles. The summed E-state index contributed by atoms with van der Waals surface area (Å²) in [5.74, 6) is -3.40. The molecule has 7 unspecified atom stereocenters. The molecular formula is C58H91N7O15S. The Bertz CT molecular complexity index is 2240. The minimum atomic E-state index is -1.38. The van der Waals surface area contributed by atoms with Crippen molar-refractivity contribution in [2.75, 3.05) is 114 Å². The molecule has 4 rings (SSSR count). The molecule has 23 heteroatoms. The van der Waals surface area contributed by atoms with Crippen LogP contribution in [0.15, 0.2) is 54.1 Å². The van der Waals surface area contributed by atoms with Crippen molar-refractivity contribution in [2.45, 2.75) is 129 Å². The number of likely N-dealkylation sites (N-methyl/N-ethyl adjacent to an activating group) is 1. The fraction of sp³-hybridized carbons (Fsp3) is 0.690. The molecule has 1 aromatic carbocycles. The zero-order chi connectivity index (χ0) is 59.3. The van der Waals surface area contributed by atoms with E-state index in [-0.39, 0.29) is 92.7 Å². The van der Waals surface area contributed by atoms with E-state index >= 15 is 0 Å². The van der Waals surface area contributed by atoms with Gasteiger partial charge in [0.1, 0.15) is 16.6 Å². The Morgan fingerprint density at radius 1 is 0.790 bits per heavy atom. The SMILES string of the molecule is CCC(C)C(C(CC(=O)N1CCC[C@H]1C(OC)C(C)C(=O)NC(Cc1ccccc1)c1nccs1)OC)N(C)C(=O)C(NC(=O)C(C)(C)NC(=O)CCOCCOCCOCCOCCOCCOCCN1C(=O)C=CC1=O)C(C)C. The van der Waals surface area contributed by atoms with Crippen LogP contribution >= 0.6 is 11.3 Å². The van der Waals surface area contributed by atoms with Crippen molar-refractivity contribution in [2.24, 2.45) is 17.8 Å². The van der Waals surface area contributed by atoms with Crippen molar-refractivity contribution in [3.63, 3.8) is 0 Å². The number of hydrogen-bond donors (Lipinski definition) is 3. The molecule has 0 radical (unpaired) electrons. The number of carbonyl (C=O) groups excluding carboxylic acids is 7. The van der Waals surface area contributed by atoms with Gasteiger partial charge >= 0.3 is 0 Å². The Morgan fingerprint density at radius 2 is 1.36 bits per heavy atom. The third-order valence-corrected chi connectivity index (χ3v) is 15.4. The number of ether oxygens (including phenoxy) is 8. The van der Waals surface area contributed by atoms with Crippen molar-refractivity contribution in [1.29, 1.82) is 0 Å². The molecule has 2 aromatic rings. The van der Waals surface area contributed by atoms with Gasteiger partial charge < -0.3 is 63.6 Å². The highest BCUT2D eigenvalue weighted by atomic mass is 32.1. The van der Waals surface area contributed by atoms with Crippen molar-refractivity contribution in [1.82, 2.24) is 35.6 Å². The van der Waals surface area contributed by atoms with Crippen molar-refractivity contribution < 1.29 is 71.5 Å². The second-order valence-electron chi connectivity index (χ2n) is 21.2. The molecule has 2 aliphatic heterocycles. The van der Waals surface area contributed by atoms with Crippen LogP contribution in [0, 0.1) is 17.8 Å². The van der Waals surface area contributed by atoms with Crippen LogP contribution in [0.2, 0.25) is 0 Å². The molecule has 0 aliphatic carbocycles. The van der Waals surface area contributed by atoms with Gasteiger partial charge in [-0.05, 0) is 50.5 Å². The molecule has 1 saturated heterocycles. The summed E-state index contributed by atoms with van der Waals surface area (Å²) >= 11 is 1.48. The van der Waals surface area contributed by atoms with Crippen LogP contribution in [0.4, 0.5) is 0 Å². The van der Waals surface area contributed by atoms with Crippen molar-refractivity contribution >= 4 is 52.7 Å². The number of nitrogens with one attached hydrogen (secondary N) is 3. The first-order chi connectivity index (χ1) is 38.8. The van der Waals surface area contributed by atoms with E-state index in [0.717, 1.165) is 21.9 Å². The van der Waals surface area contributed by atoms with E-state index in [1.807, 2.05) is 70.3 Å². The molecule has 22 nitrogen and oxygen atoms in total. The van der Waals surface area contributed by atoms with Gasteiger partial charge in [0, 0.05) is 58.0 Å². The fourth-order valence-corrected chi connectivity index (χ4v) is 10.5. The maximum absolute atomic E-state index is 14.6. The first-order valence-corrected chi connectivity index (χ1v) is 29.2. The summed E-state index contributed by atoms with van der Waals surface area (Å²) in [5.41, 5.74) is -0.314. The van der Waals surface area contributed by atoms with E-state index in [9.17, 15) is 33.6 Å². The topological polar surface area (TPSA) is 252 Å². The lowest BCUT2D eigenvalue weighted by atomic mass is 9.89. The number of likely N-dealkylation sites (tertiary alicyclic amines) is 1. The van der Waals surface area contributed by atoms with Crippen molar-refractivity contribution in [3.8, 4) is 0 Å². The monoisotopic (exact) mass is 1160 g/mol. The highest BCUT2D eigenvalue weighted by molar-refractivity contribution is 7.09. The van der Waals surface area contributed by atoms with Crippen molar-refractivity contribution in [3.05, 3.63) is 64.6 Å². The number of benzene rings is 1. The van der Waals surface area contributed by atoms with Gasteiger partial charge in [0.2, 0.25) is 29.5 Å². The Kier molecular flexibility index (Phi) is 30.6. The minimum Gasteiger partial charge on any atom is -0.379 e. The third kappa shape index (κ3) is 22.5. The third-order valence-electron chi connectivity index (χ3n) is 14.5. The van der Waals surface area contributed by atoms with Gasteiger partial charge in [-0.2, -0.15) is 0 Å². The number of hydrogen-bond acceptors (Lipinski definition) is 17. The van der Waals surface area contributed by atoms with Crippen LogP contribution in [-0.2, 0) is 77.9 Å². The van der Waals surface area contributed by atoms with Crippen LogP contribution in [0.1, 0.15) is 97.2 Å². The summed E-state index contributed by atoms with van der Waals surface area (Å²) in [5, 5.41) is 11.6. The molecule has 1 fully saturated rings. The summed E-state index contributed by atoms with van der Waals surface area (Å²) in [7, 11) is 4.78. The molecule has 1 aromatic heterocycles. The van der Waals surface area contributed by atoms with Crippen LogP contribution < -0.4 is 16.0 Å². The normalized spacial score (nSPS) is 17.2. The maximum Gasteiger partial charge on any atom is 0.253 e. The summed E-state index contributed by atoms with van der Waals surface area (Å²) in [6.45, 7) is 17.2. The Labute approximate surface area is 482 Å². The lowest BCUT2D eigenvalue weighted by Gasteiger charge is -2.41. The smallest absolute Gasteiger partial charge is 0.253 e. The minimum absolute atomic E-state index is 0.00685. The molecule has 454 valence electrons. The molecule has 3 N–H and O–H groups in total. The number of nitrogens with zero attached hydrogens (tertiary/aromatic N) is 4. The molecule has 2 aliphatic rings. The van der Waals surface area contributed by atoms with Crippen LogP contribution in [0.5, 0.6) is 0 Å². The number of thiazole rings is 1. The summed E-state index contributed by atoms with van der Waals surface area (Å²) in [6.07, 6.45) is 5.48. The number of methoxy groups -OCH3 is 2. The number of amides is 7. The van der Waals surface area contributed by atoms with Gasteiger partial charge in [-0.3, -0.25) is 38.5 Å². The Hall–Kier alpha value is -5.24. The number of carbonyl (C=O) groups is 7. The molecule has 0 spiro atoms. The largest absolute Gasteiger partial charge is 0.379 e. The number of imide groups is 1. The van der Waals surface area contributed by atoms with E-state index in [1.165, 1.54) is 30.6 Å². The van der Waals surface area contributed by atoms with Gasteiger partial charge in [-0.25, -0.2) is 4.98 Å². The zero-order valence-corrected chi connectivity index (χ0v) is 50.2. The Morgan fingerprint density at radius 3 is 1.88 bits per heavy atom. The van der Waals surface area contributed by atoms with E-state index in [0.29, 0.717) is 85.3 Å². The quantitative estimate of drug-likeness (QED) is 0.0631. The number of rotatable bonds is 41. The first-order valence-electron chi connectivity index (χ1n) is 28.3. The average Bonchev–Trinajstić information content (AvgIpc) is 4.31. The number of aromatic nitrogens is 1. The second-order valence-corrected chi connectivity index (χ2v) is 22.1. The van der Waals surface area contributed by atoms with E-state index < -0.39 is 47.6 Å². The maximum atomic E-state index is 14.6. The molecule has 81 heavy (non-hydrogen) atoms. The predicted octanol–water partition coefficient (Wildman–Crippen LogP) is 3.91. The molecule has 0 bridgehead atoms. The van der Waals surface area contributed by atoms with Crippen LogP contribution in [0.3, 0.4) is 0 Å². The molecular weight excluding hydrogens is 1070 g/mol. The van der Waals surface area contributed by atoms with E-state index in [4.69, 9.17) is 37.9 Å². The highest BCUT2D eigenvalue weighted by Gasteiger charge is 2.44. The highest BCUT2D eigenvalue weighted by Crippen LogP contribution is 2.31. The van der Waals surface area contributed by atoms with Gasteiger partial charge in [0.15, 0.2) is 0 Å². The summed E-state index contributed by atoms with van der Waals surface area (Å²) in [4.78, 5) is 102. The van der Waals surface area contributed by atoms with Gasteiger partial charge in [-0.15, -0.1) is 11.3 Å². The van der Waals surface area contributed by atoms with E-state index in [1.54, 1.807) is 44.0 Å². The second kappa shape index (κ2) is 36.4. The average molecular weight is 1160 g/mol. The Balaban J connectivity index is 1.16. The standard InChI is InChI=1S/C58H91N7O15S/c1-11-41(4)52(46(73-9)39-50(69)64-23-15-18-45(64)53(74-10)42(5)54(70)60-44(55-59-22-37-81-55)38-43-16-13-12-14-17-43)63(8)56(71)51(40(2)3)61-57(72)58(6,7)62-47(66)21-25-75-27-29-77-31-33-79-35-36-80-34-32-78-30-28-76-26-24-65-48(67)19-20-49(65)68/h12-14,16-17,19-20,22,37,40-42,44-46,51-53H,11,15,18,21,23-36,38-39H2,1-10H3,(H,60,70)(H,61,72)(H,62,66)/t41?,42?,44?,45-,46?,51?,52?,53?/m0/s1. The van der Waals surface area contributed by atoms with Crippen LogP contribution in [-0.4, -0.2) is 211 Å². The predicted molar refractivity (Wildman–Crippen MR) is 304 cm³/mol. The van der Waals surface area contributed by atoms with Gasteiger partial charge in [-0.1, -0.05) is 71.4 Å². The van der Waals surface area contributed by atoms with Crippen LogP contribution in [0.25, 0.3) is 0 Å². The molecule has 3 heterocycles. The molecule has 7 amide bonds. The summed E-state index contributed by atoms with van der Waals surface area (Å²) in [6, 6.07) is 7.69. The lowest BCUT2D eigenvalue weighted by molar-refractivity contribution is -0.148. The first kappa shape index (κ1) is 68.3. The molecule has 8 atom stereocenters. The fourth-order valence-electron chi connectivity index (χ4n) is 9.76. The van der Waals surface area contributed by atoms with Gasteiger partial charge in [0.05, 0.1) is 128 Å². The lowest BCUT2D eigenvalue weighted by Crippen LogP contribution is -2.62. The zero-order valence-electron chi connectivity index (χ0n) is 49.4. The van der Waals surface area contributed by atoms with Gasteiger partial charge in [0.25, 0.3) is 11.8 Å². The summed E-state index contributed by atoms with van der Waals surface area (Å²) < 4.78 is 45.1.